The third-order valence-corrected chi connectivity index (χ3v) is 19.3. The number of unbranched alkanes of at least 4 members (excludes halogenated alkanes) is 28. The molecular formula is C83H146N10O9. The van der Waals surface area contributed by atoms with Crippen molar-refractivity contribution in [1.29, 1.82) is 0 Å². The van der Waals surface area contributed by atoms with E-state index < -0.39 is 35.1 Å². The smallest absolute Gasteiger partial charge is 0.242 e. The van der Waals surface area contributed by atoms with Gasteiger partial charge >= 0.3 is 0 Å². The van der Waals surface area contributed by atoms with Crippen molar-refractivity contribution in [2.45, 2.75) is 298 Å². The van der Waals surface area contributed by atoms with E-state index in [1.165, 1.54) is 77.4 Å². The van der Waals surface area contributed by atoms with Crippen molar-refractivity contribution in [1.82, 2.24) is 39.6 Å². The molecule has 5 N–H and O–H groups in total. The van der Waals surface area contributed by atoms with Crippen molar-refractivity contribution >= 4 is 47.3 Å². The molecule has 0 aliphatic carbocycles. The van der Waals surface area contributed by atoms with Crippen LogP contribution in [-0.4, -0.2) is 204 Å². The molecule has 582 valence electrons. The molecule has 0 atom stereocenters. The van der Waals surface area contributed by atoms with Crippen LogP contribution in [0.4, 0.5) is 0 Å². The molecule has 0 spiro atoms. The first-order valence-corrected chi connectivity index (χ1v) is 40.5. The minimum atomic E-state index is -0.616. The van der Waals surface area contributed by atoms with Crippen molar-refractivity contribution in [2.75, 3.05) is 111 Å². The van der Waals surface area contributed by atoms with E-state index in [1.54, 1.807) is 14.7 Å². The Morgan fingerprint density at radius 1 is 0.343 bits per heavy atom. The van der Waals surface area contributed by atoms with Gasteiger partial charge in [-0.05, 0) is 90.7 Å². The summed E-state index contributed by atoms with van der Waals surface area (Å²) < 4.78 is 5.98. The SMILES string of the molecule is CCCCCCCCCCN(CC(N)=O)C(=O)CN(CCCCCCCCCC)C(=O)CN(CCCCCCCCCC)C(=O)CN(CCCCCCCCCC)C(=O)CN(CCc1ccccc1)C(=O)CN(CCc1ccccc1)C(=O)CN(CCN)C(=O)CNC(C)(C)CCOC(C)(C)C. The van der Waals surface area contributed by atoms with Crippen LogP contribution in [0.3, 0.4) is 0 Å². The predicted octanol–water partition coefficient (Wildman–Crippen LogP) is 13.9. The van der Waals surface area contributed by atoms with Gasteiger partial charge in [-0.25, -0.2) is 0 Å². The first kappa shape index (κ1) is 92.2. The van der Waals surface area contributed by atoms with Crippen LogP contribution in [0.1, 0.15) is 285 Å². The lowest BCUT2D eigenvalue weighted by Gasteiger charge is -2.33. The summed E-state index contributed by atoms with van der Waals surface area (Å²) in [6, 6.07) is 19.4. The zero-order chi connectivity index (χ0) is 75.1. The number of primary amides is 1. The molecule has 0 radical (unpaired) electrons. The van der Waals surface area contributed by atoms with Gasteiger partial charge in [0.2, 0.25) is 47.3 Å². The van der Waals surface area contributed by atoms with Crippen molar-refractivity contribution < 1.29 is 43.1 Å². The summed E-state index contributed by atoms with van der Waals surface area (Å²) in [4.78, 5) is 127. The lowest BCUT2D eigenvalue weighted by Crippen LogP contribution is -2.53. The van der Waals surface area contributed by atoms with E-state index in [0.29, 0.717) is 64.6 Å². The predicted molar refractivity (Wildman–Crippen MR) is 417 cm³/mol. The molecule has 2 rings (SSSR count). The van der Waals surface area contributed by atoms with Crippen molar-refractivity contribution in [3.63, 3.8) is 0 Å². The molecule has 0 aliphatic rings. The van der Waals surface area contributed by atoms with E-state index in [1.807, 2.05) is 95.3 Å². The average molecular weight is 1430 g/mol. The number of nitrogens with one attached hydrogen (secondary N) is 1. The minimum Gasteiger partial charge on any atom is -0.376 e. The first-order valence-electron chi connectivity index (χ1n) is 40.5. The molecule has 8 amide bonds. The fourth-order valence-electron chi connectivity index (χ4n) is 12.7. The maximum Gasteiger partial charge on any atom is 0.242 e. The second-order valence-electron chi connectivity index (χ2n) is 30.3. The highest BCUT2D eigenvalue weighted by Gasteiger charge is 2.31. The van der Waals surface area contributed by atoms with Crippen LogP contribution >= 0.6 is 0 Å². The van der Waals surface area contributed by atoms with Gasteiger partial charge in [0.15, 0.2) is 0 Å². The highest BCUT2D eigenvalue weighted by atomic mass is 16.5. The van der Waals surface area contributed by atoms with Crippen molar-refractivity contribution in [3.05, 3.63) is 71.8 Å². The summed E-state index contributed by atoms with van der Waals surface area (Å²) in [6.07, 6.45) is 34.6. The number of nitrogens with two attached hydrogens (primary N) is 2. The van der Waals surface area contributed by atoms with Gasteiger partial charge < -0.3 is 55.8 Å². The zero-order valence-corrected chi connectivity index (χ0v) is 66.0. The van der Waals surface area contributed by atoms with Gasteiger partial charge in [-0.2, -0.15) is 0 Å². The number of carbonyl (C=O) groups excluding carboxylic acids is 8. The summed E-state index contributed by atoms with van der Waals surface area (Å²) >= 11 is 0. The van der Waals surface area contributed by atoms with Gasteiger partial charge in [0.25, 0.3) is 0 Å². The number of carbonyl (C=O) groups is 8. The molecule has 0 fully saturated rings. The Kier molecular flexibility index (Phi) is 51.9. The van der Waals surface area contributed by atoms with Crippen molar-refractivity contribution in [3.8, 4) is 0 Å². The van der Waals surface area contributed by atoms with Crippen LogP contribution in [0.25, 0.3) is 0 Å². The van der Waals surface area contributed by atoms with Crippen LogP contribution in [0.2, 0.25) is 0 Å². The lowest BCUT2D eigenvalue weighted by atomic mass is 10.0. The average Bonchev–Trinajstić information content (AvgIpc) is 0.863. The van der Waals surface area contributed by atoms with E-state index in [0.717, 1.165) is 133 Å². The van der Waals surface area contributed by atoms with E-state index >= 15 is 19.2 Å². The van der Waals surface area contributed by atoms with Crippen LogP contribution < -0.4 is 16.8 Å². The second-order valence-corrected chi connectivity index (χ2v) is 30.3. The normalized spacial score (nSPS) is 11.5. The van der Waals surface area contributed by atoms with Gasteiger partial charge in [0, 0.05) is 64.5 Å². The summed E-state index contributed by atoms with van der Waals surface area (Å²) in [5.41, 5.74) is 13.0. The Hall–Kier alpha value is -5.92. The Labute approximate surface area is 619 Å². The zero-order valence-electron chi connectivity index (χ0n) is 66.0. The molecule has 0 aliphatic heterocycles. The van der Waals surface area contributed by atoms with Crippen molar-refractivity contribution in [2.24, 2.45) is 11.5 Å². The second kappa shape index (κ2) is 57.4. The van der Waals surface area contributed by atoms with E-state index in [4.69, 9.17) is 16.2 Å². The molecule has 0 saturated heterocycles. The third-order valence-electron chi connectivity index (χ3n) is 19.3. The van der Waals surface area contributed by atoms with Gasteiger partial charge in [-0.1, -0.05) is 268 Å². The monoisotopic (exact) mass is 1430 g/mol. The molecule has 0 aromatic heterocycles. The summed E-state index contributed by atoms with van der Waals surface area (Å²) in [5, 5.41) is 3.36. The Morgan fingerprint density at radius 2 is 0.598 bits per heavy atom. The Morgan fingerprint density at radius 3 is 0.863 bits per heavy atom. The maximum absolute atomic E-state index is 15.4. The molecule has 19 nitrogen and oxygen atoms in total. The van der Waals surface area contributed by atoms with Gasteiger partial charge in [0.1, 0.15) is 0 Å². The lowest BCUT2D eigenvalue weighted by molar-refractivity contribution is -0.148. The standard InChI is InChI=1S/C83H146N10O9/c1-10-14-18-22-26-30-34-44-56-87(65-74(85)94)76(96)66-88(57-45-35-31-27-23-19-15-11-2)77(97)67-89(58-46-36-32-28-24-20-16-12-3)78(98)68-90(59-47-37-33-29-25-21-17-13-4)79(99)69-91(60-52-72-48-40-38-41-49-72)80(100)70-92(61-53-73-50-42-39-43-51-73)81(101)71-93(62-55-84)75(95)64-86-83(8,9)54-63-102-82(5,6)7/h38-43,48-51,86H,10-37,44-47,52-71,84H2,1-9H3,(H2,85,94). The van der Waals surface area contributed by atoms with E-state index in [-0.39, 0.29) is 115 Å². The largest absolute Gasteiger partial charge is 0.376 e. The van der Waals surface area contributed by atoms with Crippen LogP contribution in [0.5, 0.6) is 0 Å². The summed E-state index contributed by atoms with van der Waals surface area (Å²) in [5.74, 6) is -3.38. The summed E-state index contributed by atoms with van der Waals surface area (Å²) in [6.45, 7) is 18.8. The third kappa shape index (κ3) is 46.0. The number of ether oxygens (including phenoxy) is 1. The van der Waals surface area contributed by atoms with Crippen LogP contribution in [0.15, 0.2) is 60.7 Å². The minimum absolute atomic E-state index is 0.0455. The van der Waals surface area contributed by atoms with Crippen LogP contribution in [0, 0.1) is 0 Å². The maximum atomic E-state index is 15.4. The number of rotatable bonds is 64. The molecule has 102 heavy (non-hydrogen) atoms. The quantitative estimate of drug-likeness (QED) is 0.0527. The topological polar surface area (TPSA) is 233 Å². The number of benzene rings is 2. The summed E-state index contributed by atoms with van der Waals surface area (Å²) in [7, 11) is 0. The molecule has 2 aromatic carbocycles. The van der Waals surface area contributed by atoms with Gasteiger partial charge in [0.05, 0.1) is 58.0 Å². The van der Waals surface area contributed by atoms with Gasteiger partial charge in [-0.3, -0.25) is 38.4 Å². The first-order chi connectivity index (χ1) is 49.1. The Balaban J connectivity index is 2.68. The number of hydrogen-bond acceptors (Lipinski definition) is 11. The molecule has 2 aromatic rings. The van der Waals surface area contributed by atoms with E-state index in [9.17, 15) is 19.2 Å². The molecule has 0 bridgehead atoms. The number of amides is 8. The molecule has 19 heteroatoms. The molecular weight excluding hydrogens is 1280 g/mol. The number of nitrogens with zero attached hydrogens (tertiary/aromatic N) is 7. The fourth-order valence-corrected chi connectivity index (χ4v) is 12.7. The highest BCUT2D eigenvalue weighted by molar-refractivity contribution is 5.93. The van der Waals surface area contributed by atoms with E-state index in [2.05, 4.69) is 33.0 Å². The molecule has 0 unspecified atom stereocenters. The molecule has 0 heterocycles. The fraction of sp³-hybridized carbons (Fsp3) is 0.759. The highest BCUT2D eigenvalue weighted by Crippen LogP contribution is 2.18. The molecule has 0 saturated carbocycles. The number of hydrogen-bond donors (Lipinski definition) is 3. The van der Waals surface area contributed by atoms with Gasteiger partial charge in [-0.15, -0.1) is 0 Å². The van der Waals surface area contributed by atoms with Crippen LogP contribution in [-0.2, 0) is 55.9 Å². The Bertz CT molecular complexity index is 2550.